The number of imide groups is 1. The van der Waals surface area contributed by atoms with Crippen LogP contribution < -0.4 is 5.32 Å². The van der Waals surface area contributed by atoms with Crippen LogP contribution in [-0.2, 0) is 21.5 Å². The van der Waals surface area contributed by atoms with Gasteiger partial charge in [0.15, 0.2) is 0 Å². The van der Waals surface area contributed by atoms with Gasteiger partial charge in [0, 0.05) is 5.02 Å². The summed E-state index contributed by atoms with van der Waals surface area (Å²) in [6.45, 7) is 1.76. The summed E-state index contributed by atoms with van der Waals surface area (Å²) in [5.41, 5.74) is 1.84. The standard InChI is InChI=1S/C22H23ClN2O4/c1-14(15-6-8-17(23)9-7-15)29-13-18(26)12-25-20(27)22(24-21(25)28)11-10-16-4-2-3-5-19(16)22/h2-9,14,18,26H,10-13H2,1H3,(H,24,28)/t14-,18-,22-/m0/s1. The van der Waals surface area contributed by atoms with Crippen LogP contribution in [0.5, 0.6) is 0 Å². The van der Waals surface area contributed by atoms with Gasteiger partial charge in [-0.25, -0.2) is 4.79 Å². The van der Waals surface area contributed by atoms with Crippen LogP contribution in [0.1, 0.15) is 36.1 Å². The largest absolute Gasteiger partial charge is 0.389 e. The number of hydrogen-bond acceptors (Lipinski definition) is 4. The second-order valence-electron chi connectivity index (χ2n) is 7.59. The van der Waals surface area contributed by atoms with E-state index < -0.39 is 17.7 Å². The Morgan fingerprint density at radius 1 is 1.21 bits per heavy atom. The van der Waals surface area contributed by atoms with E-state index in [-0.39, 0.29) is 25.2 Å². The summed E-state index contributed by atoms with van der Waals surface area (Å²) in [6, 6.07) is 14.5. The number of nitrogens with zero attached hydrogens (tertiary/aromatic N) is 1. The first kappa shape index (κ1) is 19.9. The molecule has 0 unspecified atom stereocenters. The van der Waals surface area contributed by atoms with Crippen LogP contribution in [0, 0.1) is 0 Å². The SMILES string of the molecule is C[C@H](OC[C@@H](O)CN1C(=O)N[C@]2(CCc3ccccc32)C1=O)c1ccc(Cl)cc1. The Morgan fingerprint density at radius 3 is 2.69 bits per heavy atom. The number of urea groups is 1. The van der Waals surface area contributed by atoms with Crippen molar-refractivity contribution in [2.75, 3.05) is 13.2 Å². The third kappa shape index (κ3) is 3.64. The minimum absolute atomic E-state index is 0.00440. The number of amides is 3. The first-order chi connectivity index (χ1) is 13.9. The van der Waals surface area contributed by atoms with Gasteiger partial charge in [0.1, 0.15) is 5.54 Å². The van der Waals surface area contributed by atoms with Crippen molar-refractivity contribution in [2.45, 2.75) is 37.5 Å². The number of fused-ring (bicyclic) bond motifs is 2. The molecule has 7 heteroatoms. The van der Waals surface area contributed by atoms with E-state index in [1.807, 2.05) is 43.3 Å². The number of carbonyl (C=O) groups excluding carboxylic acids is 2. The van der Waals surface area contributed by atoms with Gasteiger partial charge in [0.25, 0.3) is 5.91 Å². The summed E-state index contributed by atoms with van der Waals surface area (Å²) in [5, 5.41) is 13.9. The van der Waals surface area contributed by atoms with E-state index in [0.717, 1.165) is 28.0 Å². The summed E-state index contributed by atoms with van der Waals surface area (Å²) >= 11 is 5.89. The molecule has 2 aromatic carbocycles. The van der Waals surface area contributed by atoms with Gasteiger partial charge in [-0.2, -0.15) is 0 Å². The van der Waals surface area contributed by atoms with E-state index in [1.54, 1.807) is 12.1 Å². The maximum Gasteiger partial charge on any atom is 0.325 e. The highest BCUT2D eigenvalue weighted by molar-refractivity contribution is 6.30. The van der Waals surface area contributed by atoms with Crippen LogP contribution in [0.15, 0.2) is 48.5 Å². The molecule has 4 rings (SSSR count). The Morgan fingerprint density at radius 2 is 1.93 bits per heavy atom. The molecular weight excluding hydrogens is 392 g/mol. The molecule has 2 aliphatic rings. The lowest BCUT2D eigenvalue weighted by Crippen LogP contribution is -2.43. The average molecular weight is 415 g/mol. The molecule has 1 aliphatic heterocycles. The van der Waals surface area contributed by atoms with Gasteiger partial charge >= 0.3 is 6.03 Å². The molecule has 2 aromatic rings. The molecule has 1 saturated heterocycles. The second-order valence-corrected chi connectivity index (χ2v) is 8.03. The van der Waals surface area contributed by atoms with Crippen LogP contribution >= 0.6 is 11.6 Å². The lowest BCUT2D eigenvalue weighted by Gasteiger charge is -2.23. The maximum atomic E-state index is 13.1. The van der Waals surface area contributed by atoms with E-state index in [2.05, 4.69) is 5.32 Å². The zero-order chi connectivity index (χ0) is 20.6. The minimum Gasteiger partial charge on any atom is -0.389 e. The molecule has 0 aromatic heterocycles. The van der Waals surface area contributed by atoms with Crippen molar-refractivity contribution >= 4 is 23.5 Å². The molecule has 1 aliphatic carbocycles. The lowest BCUT2D eigenvalue weighted by atomic mass is 9.92. The van der Waals surface area contributed by atoms with Crippen molar-refractivity contribution in [2.24, 2.45) is 0 Å². The highest BCUT2D eigenvalue weighted by Gasteiger charge is 2.55. The molecule has 1 fully saturated rings. The number of aliphatic hydroxyl groups excluding tert-OH is 1. The highest BCUT2D eigenvalue weighted by atomic mass is 35.5. The van der Waals surface area contributed by atoms with Crippen LogP contribution in [-0.4, -0.2) is 41.2 Å². The fourth-order valence-electron chi connectivity index (χ4n) is 4.10. The molecule has 29 heavy (non-hydrogen) atoms. The fraction of sp³-hybridized carbons (Fsp3) is 0.364. The molecule has 0 radical (unpaired) electrons. The molecule has 152 valence electrons. The Kier molecular flexibility index (Phi) is 5.34. The first-order valence-electron chi connectivity index (χ1n) is 9.68. The molecule has 0 bridgehead atoms. The normalized spacial score (nSPS) is 22.7. The molecule has 0 saturated carbocycles. The van der Waals surface area contributed by atoms with Crippen molar-refractivity contribution < 1.29 is 19.4 Å². The monoisotopic (exact) mass is 414 g/mol. The number of carbonyl (C=O) groups is 2. The molecule has 3 atom stereocenters. The first-order valence-corrected chi connectivity index (χ1v) is 10.1. The number of halogens is 1. The Balaban J connectivity index is 1.39. The quantitative estimate of drug-likeness (QED) is 0.711. The number of ether oxygens (including phenoxy) is 1. The average Bonchev–Trinajstić information content (AvgIpc) is 3.20. The van der Waals surface area contributed by atoms with Gasteiger partial charge in [-0.1, -0.05) is 48.0 Å². The van der Waals surface area contributed by atoms with Gasteiger partial charge in [-0.05, 0) is 48.6 Å². The molecular formula is C22H23ClN2O4. The Labute approximate surface area is 174 Å². The topological polar surface area (TPSA) is 78.9 Å². The van der Waals surface area contributed by atoms with Gasteiger partial charge in [0.05, 0.1) is 25.4 Å². The van der Waals surface area contributed by atoms with Crippen LogP contribution in [0.3, 0.4) is 0 Å². The lowest BCUT2D eigenvalue weighted by molar-refractivity contribution is -0.133. The van der Waals surface area contributed by atoms with Crippen molar-refractivity contribution in [1.82, 2.24) is 10.2 Å². The van der Waals surface area contributed by atoms with Crippen LogP contribution in [0.4, 0.5) is 4.79 Å². The number of rotatable bonds is 6. The van der Waals surface area contributed by atoms with Crippen LogP contribution in [0.25, 0.3) is 0 Å². The Hall–Kier alpha value is -2.41. The van der Waals surface area contributed by atoms with Gasteiger partial charge < -0.3 is 15.2 Å². The van der Waals surface area contributed by atoms with E-state index in [0.29, 0.717) is 11.4 Å². The van der Waals surface area contributed by atoms with E-state index in [9.17, 15) is 14.7 Å². The molecule has 3 amide bonds. The zero-order valence-electron chi connectivity index (χ0n) is 16.1. The summed E-state index contributed by atoms with van der Waals surface area (Å²) in [7, 11) is 0. The van der Waals surface area contributed by atoms with Gasteiger partial charge in [0.2, 0.25) is 0 Å². The number of benzene rings is 2. The summed E-state index contributed by atoms with van der Waals surface area (Å²) in [6.07, 6.45) is 0.0396. The Bertz CT molecular complexity index is 933. The summed E-state index contributed by atoms with van der Waals surface area (Å²) < 4.78 is 5.72. The summed E-state index contributed by atoms with van der Waals surface area (Å²) in [5.74, 6) is -0.308. The number of hydrogen-bond donors (Lipinski definition) is 2. The van der Waals surface area contributed by atoms with Crippen molar-refractivity contribution in [3.8, 4) is 0 Å². The van der Waals surface area contributed by atoms with Crippen molar-refractivity contribution in [1.29, 1.82) is 0 Å². The van der Waals surface area contributed by atoms with Gasteiger partial charge in [-0.15, -0.1) is 0 Å². The van der Waals surface area contributed by atoms with Crippen LogP contribution in [0.2, 0.25) is 5.02 Å². The number of β-amino-alcohol motifs (C(OH)–C–C–N with tert-alkyl or cyclic N) is 1. The smallest absolute Gasteiger partial charge is 0.325 e. The molecule has 1 spiro atoms. The number of nitrogens with one attached hydrogen (secondary N) is 1. The van der Waals surface area contributed by atoms with Crippen molar-refractivity contribution in [3.05, 3.63) is 70.2 Å². The fourth-order valence-corrected chi connectivity index (χ4v) is 4.23. The summed E-state index contributed by atoms with van der Waals surface area (Å²) in [4.78, 5) is 26.7. The van der Waals surface area contributed by atoms with E-state index in [1.165, 1.54) is 0 Å². The maximum absolute atomic E-state index is 13.1. The van der Waals surface area contributed by atoms with Gasteiger partial charge in [-0.3, -0.25) is 9.69 Å². The minimum atomic E-state index is -1.01. The number of aryl methyl sites for hydroxylation is 1. The van der Waals surface area contributed by atoms with E-state index >= 15 is 0 Å². The molecule has 6 nitrogen and oxygen atoms in total. The predicted octanol–water partition coefficient (Wildman–Crippen LogP) is 3.17. The number of aliphatic hydroxyl groups is 1. The highest BCUT2D eigenvalue weighted by Crippen LogP contribution is 2.41. The third-order valence-corrected chi connectivity index (χ3v) is 5.95. The molecule has 1 heterocycles. The molecule has 2 N–H and O–H groups in total. The zero-order valence-corrected chi connectivity index (χ0v) is 16.9. The third-order valence-electron chi connectivity index (χ3n) is 5.69. The second kappa shape index (κ2) is 7.78. The van der Waals surface area contributed by atoms with Crippen molar-refractivity contribution in [3.63, 3.8) is 0 Å². The predicted molar refractivity (Wildman–Crippen MR) is 109 cm³/mol. The van der Waals surface area contributed by atoms with E-state index in [4.69, 9.17) is 16.3 Å².